The maximum atomic E-state index is 14.7. The van der Waals surface area contributed by atoms with E-state index < -0.39 is 72.0 Å². The third-order valence-corrected chi connectivity index (χ3v) is 19.7. The number of likely N-dealkylation sites (tertiary alicyclic amines) is 1. The van der Waals surface area contributed by atoms with E-state index in [2.05, 4.69) is 21.3 Å². The highest BCUT2D eigenvalue weighted by molar-refractivity contribution is 5.97. The summed E-state index contributed by atoms with van der Waals surface area (Å²) in [6, 6.07) is 29.5. The van der Waals surface area contributed by atoms with Crippen LogP contribution < -0.4 is 27.0 Å². The summed E-state index contributed by atoms with van der Waals surface area (Å²) in [7, 11) is 8.62. The van der Waals surface area contributed by atoms with Crippen molar-refractivity contribution in [3.05, 3.63) is 125 Å². The van der Waals surface area contributed by atoms with Crippen LogP contribution in [0.5, 0.6) is 0 Å². The van der Waals surface area contributed by atoms with Gasteiger partial charge in [0.1, 0.15) is 12.4 Å². The Bertz CT molecular complexity index is 3190. The van der Waals surface area contributed by atoms with Crippen molar-refractivity contribution in [2.75, 3.05) is 60.4 Å². The molecule has 2 aliphatic rings. The first kappa shape index (κ1) is 77.2. The summed E-state index contributed by atoms with van der Waals surface area (Å²) in [5.74, 6) is -5.17. The van der Waals surface area contributed by atoms with Gasteiger partial charge >= 0.3 is 12.1 Å². The lowest BCUT2D eigenvalue weighted by atomic mass is 9.83. The van der Waals surface area contributed by atoms with Crippen LogP contribution in [0.15, 0.2) is 103 Å². The molecule has 0 radical (unpaired) electrons. The Labute approximate surface area is 569 Å². The van der Waals surface area contributed by atoms with Gasteiger partial charge in [-0.1, -0.05) is 160 Å². The van der Waals surface area contributed by atoms with Crippen LogP contribution in [0.25, 0.3) is 11.1 Å². The zero-order chi connectivity index (χ0) is 70.5. The van der Waals surface area contributed by atoms with E-state index in [1.54, 1.807) is 76.1 Å². The maximum absolute atomic E-state index is 14.7. The molecule has 1 fully saturated rings. The van der Waals surface area contributed by atoms with E-state index >= 15 is 0 Å². The number of nitrogens with one attached hydrogen (secondary N) is 4. The molecular weight excluding hydrogens is 1220 g/mol. The summed E-state index contributed by atoms with van der Waals surface area (Å²) < 4.78 is 18.1. The molecule has 6 N–H and O–H groups in total. The van der Waals surface area contributed by atoms with E-state index in [1.165, 1.54) is 0 Å². The van der Waals surface area contributed by atoms with E-state index in [0.717, 1.165) is 27.8 Å². The Morgan fingerprint density at radius 2 is 1.27 bits per heavy atom. The number of nitrogens with two attached hydrogens (primary N) is 1. The molecule has 0 bridgehead atoms. The lowest BCUT2D eigenvalue weighted by Crippen LogP contribution is -2.54. The molecular formula is C76H108N8O12. The minimum Gasteiger partial charge on any atom is -0.449 e. The lowest BCUT2D eigenvalue weighted by molar-refractivity contribution is -0.149. The van der Waals surface area contributed by atoms with Gasteiger partial charge in [-0.3, -0.25) is 38.5 Å². The molecule has 0 aromatic heterocycles. The van der Waals surface area contributed by atoms with Gasteiger partial charge in [-0.25, -0.2) is 9.59 Å². The first-order chi connectivity index (χ1) is 45.7. The highest BCUT2D eigenvalue weighted by atomic mass is 16.5. The van der Waals surface area contributed by atoms with Gasteiger partial charge in [0.15, 0.2) is 11.6 Å². The molecule has 6 rings (SSSR count). The van der Waals surface area contributed by atoms with Gasteiger partial charge in [0, 0.05) is 95.4 Å². The van der Waals surface area contributed by atoms with Crippen LogP contribution in [0.2, 0.25) is 0 Å². The fourth-order valence-electron chi connectivity index (χ4n) is 14.3. The van der Waals surface area contributed by atoms with Gasteiger partial charge in [0.05, 0.1) is 42.8 Å². The number of anilines is 1. The van der Waals surface area contributed by atoms with Crippen molar-refractivity contribution in [2.45, 2.75) is 175 Å². The van der Waals surface area contributed by atoms with Crippen molar-refractivity contribution in [1.82, 2.24) is 30.7 Å². The fourth-order valence-corrected chi connectivity index (χ4v) is 14.3. The number of nitrogens with zero attached hydrogens (tertiary/aromatic N) is 3. The highest BCUT2D eigenvalue weighted by Gasteiger charge is 2.44. The van der Waals surface area contributed by atoms with Crippen LogP contribution in [0.3, 0.4) is 0 Å². The number of amides is 7. The number of urea groups is 1. The van der Waals surface area contributed by atoms with Crippen molar-refractivity contribution in [2.24, 2.45) is 53.1 Å². The van der Waals surface area contributed by atoms with Gasteiger partial charge in [0.25, 0.3) is 0 Å². The Hall–Kier alpha value is -7.81. The smallest absolute Gasteiger partial charge is 0.407 e. The second-order valence-electron chi connectivity index (χ2n) is 27.7. The molecule has 0 spiro atoms. The molecule has 4 aromatic carbocycles. The topological polar surface area (TPSA) is 265 Å². The minimum atomic E-state index is -0.962. The lowest BCUT2D eigenvalue weighted by Gasteiger charge is -2.41. The number of methoxy groups -OCH3 is 2. The molecule has 0 unspecified atom stereocenters. The quantitative estimate of drug-likeness (QED) is 0.0262. The summed E-state index contributed by atoms with van der Waals surface area (Å²) in [5, 5.41) is 11.3. The number of carbonyl (C=O) groups excluding carboxylic acids is 9. The molecule has 1 saturated heterocycles. The number of ether oxygens (including phenoxy) is 3. The van der Waals surface area contributed by atoms with Gasteiger partial charge in [-0.2, -0.15) is 0 Å². The molecule has 20 nitrogen and oxygen atoms in total. The van der Waals surface area contributed by atoms with Crippen molar-refractivity contribution in [3.8, 4) is 11.1 Å². The molecule has 20 heteroatoms. The average molecular weight is 1330 g/mol. The number of Topliss-reactive ketones (excluding diaryl/α,β-unsaturated/α-hetero) is 3. The van der Waals surface area contributed by atoms with Gasteiger partial charge in [-0.15, -0.1) is 0 Å². The number of alkyl carbamates (subject to hydrolysis) is 1. The predicted octanol–water partition coefficient (Wildman–Crippen LogP) is 10.4. The average Bonchev–Trinajstić information content (AvgIpc) is 1.59. The van der Waals surface area contributed by atoms with Gasteiger partial charge in [0.2, 0.25) is 23.6 Å². The third kappa shape index (κ3) is 20.9. The predicted molar refractivity (Wildman–Crippen MR) is 373 cm³/mol. The normalized spacial score (nSPS) is 16.9. The second-order valence-corrected chi connectivity index (χ2v) is 27.7. The number of likely N-dealkylation sites (N-methyl/N-ethyl adjacent to an activating group) is 2. The second kappa shape index (κ2) is 37.1. The molecule has 11 atom stereocenters. The minimum absolute atomic E-state index is 0.0172. The molecule has 1 aliphatic carbocycles. The summed E-state index contributed by atoms with van der Waals surface area (Å²) in [5.41, 5.74) is 11.6. The van der Waals surface area contributed by atoms with Crippen LogP contribution in [-0.4, -0.2) is 159 Å². The molecule has 7 amide bonds. The fraction of sp³-hybridized carbons (Fsp3) is 0.566. The Morgan fingerprint density at radius 1 is 0.656 bits per heavy atom. The summed E-state index contributed by atoms with van der Waals surface area (Å²) in [4.78, 5) is 131. The summed E-state index contributed by atoms with van der Waals surface area (Å²) in [6.45, 7) is 18.2. The third-order valence-electron chi connectivity index (χ3n) is 19.7. The van der Waals surface area contributed by atoms with Crippen molar-refractivity contribution >= 4 is 58.8 Å². The number of benzene rings is 4. The molecule has 4 aromatic rings. The van der Waals surface area contributed by atoms with Crippen LogP contribution in [0.4, 0.5) is 15.3 Å². The first-order valence-corrected chi connectivity index (χ1v) is 34.4. The maximum Gasteiger partial charge on any atom is 0.407 e. The molecule has 1 heterocycles. The van der Waals surface area contributed by atoms with E-state index in [4.69, 9.17) is 19.9 Å². The Balaban J connectivity index is 1.08. The van der Waals surface area contributed by atoms with E-state index in [9.17, 15) is 43.2 Å². The summed E-state index contributed by atoms with van der Waals surface area (Å²) in [6.07, 6.45) is 0.482. The van der Waals surface area contributed by atoms with Crippen LogP contribution >= 0.6 is 0 Å². The number of rotatable bonds is 38. The number of ketones is 3. The molecule has 1 aliphatic heterocycles. The Kier molecular flexibility index (Phi) is 29.8. The van der Waals surface area contributed by atoms with E-state index in [1.807, 2.05) is 139 Å². The Morgan fingerprint density at radius 3 is 1.83 bits per heavy atom. The number of carbonyl (C=O) groups is 9. The zero-order valence-corrected chi connectivity index (χ0v) is 59.2. The van der Waals surface area contributed by atoms with Crippen molar-refractivity contribution in [3.63, 3.8) is 0 Å². The molecule has 96 heavy (non-hydrogen) atoms. The zero-order valence-electron chi connectivity index (χ0n) is 59.2. The van der Waals surface area contributed by atoms with Crippen LogP contribution in [0, 0.1) is 47.3 Å². The van der Waals surface area contributed by atoms with E-state index in [-0.39, 0.29) is 129 Å². The first-order valence-electron chi connectivity index (χ1n) is 34.4. The van der Waals surface area contributed by atoms with E-state index in [0.29, 0.717) is 43.5 Å². The monoisotopic (exact) mass is 1320 g/mol. The number of primary amides is 1. The van der Waals surface area contributed by atoms with Crippen molar-refractivity contribution < 1.29 is 57.4 Å². The number of hydrogen-bond donors (Lipinski definition) is 5. The van der Waals surface area contributed by atoms with Gasteiger partial charge in [-0.05, 0) is 115 Å². The summed E-state index contributed by atoms with van der Waals surface area (Å²) >= 11 is 0. The number of hydrogen-bond acceptors (Lipinski definition) is 13. The standard InChI is InChI=1S/C76H108N8O12/c1-15-49(8)70(83(12)74(91)60(46(2)3)42-65(87)69(48(6)7)82(10)11)66(94-13)43-67(88)84-38-24-32-62(84)71(95-14)50(9)63(85)41-54(39-51-25-17-16-18-26-51)72(89)79-44-52-33-35-55(36-34-52)80-73(90)53(27-23-37-78-75(77)92)40-64(86)68(47(4)5)81-76(93)96-45-61-58-30-21-19-28-56(58)57-29-20-22-31-59(57)61/h16-22,25-26,28-31,33-36,46-50,53-54,60-62,66,68-71H,15,23-24,27,32,37-45H2,1-14H3,(H,79,89)(H,80,90)(H,81,93)(H3,77,78,92)/t49-,50-,53+,54+,60-,62-,66+,68-,69-,70-,71+/m0/s1. The van der Waals surface area contributed by atoms with Crippen molar-refractivity contribution in [1.29, 1.82) is 0 Å². The molecule has 0 saturated carbocycles. The SMILES string of the molecule is CC[C@H](C)[C@@H]([C@@H](CC(=O)N1CCC[C@H]1[C@H](OC)[C@@H](C)C(=O)C[C@@H](Cc1ccccc1)C(=O)NCc1ccc(NC(=O)[C@H](CCCNC(N)=O)CC(=O)[C@@H](NC(=O)OCC2c3ccccc3-c3ccccc32)C(C)C)cc1)OC)N(C)C(=O)[C@@H](CC(=O)[C@H](C(C)C)N(C)C)C(C)C. The van der Waals surface area contributed by atoms with Crippen LogP contribution in [0.1, 0.15) is 148 Å². The molecule has 524 valence electrons. The largest absolute Gasteiger partial charge is 0.449 e. The van der Waals surface area contributed by atoms with Gasteiger partial charge < -0.3 is 51.0 Å². The van der Waals surface area contributed by atoms with Crippen LogP contribution in [-0.2, 0) is 60.7 Å². The number of fused-ring (bicyclic) bond motifs is 3. The highest BCUT2D eigenvalue weighted by Crippen LogP contribution is 2.45.